The van der Waals surface area contributed by atoms with Crippen LogP contribution in [0, 0.1) is 20.8 Å². The summed E-state index contributed by atoms with van der Waals surface area (Å²) in [6.07, 6.45) is 1.37. The molecule has 116 valence electrons. The van der Waals surface area contributed by atoms with E-state index in [1.807, 2.05) is 25.1 Å². The minimum Gasteiger partial charge on any atom is -0.496 e. The zero-order valence-electron chi connectivity index (χ0n) is 13.1. The Morgan fingerprint density at radius 3 is 2.27 bits per heavy atom. The Morgan fingerprint density at radius 1 is 1.05 bits per heavy atom. The number of rotatable bonds is 4. The van der Waals surface area contributed by atoms with Crippen molar-refractivity contribution in [2.45, 2.75) is 25.7 Å². The lowest BCUT2D eigenvalue weighted by Gasteiger charge is -2.14. The van der Waals surface area contributed by atoms with Crippen molar-refractivity contribution in [1.29, 1.82) is 0 Å². The van der Waals surface area contributed by atoms with Crippen molar-refractivity contribution in [1.82, 2.24) is 0 Å². The van der Waals surface area contributed by atoms with Gasteiger partial charge in [0.05, 0.1) is 12.0 Å². The monoisotopic (exact) mass is 317 g/mol. The predicted molar refractivity (Wildman–Crippen MR) is 88.4 cm³/mol. The zero-order chi connectivity index (χ0) is 16.3. The minimum atomic E-state index is -3.75. The summed E-state index contributed by atoms with van der Waals surface area (Å²) in [7, 11) is -2.18. The Bertz CT molecular complexity index is 810. The van der Waals surface area contributed by atoms with Gasteiger partial charge < -0.3 is 4.74 Å². The topological polar surface area (TPSA) is 55.7 Å². The first-order chi connectivity index (χ1) is 10.4. The Hall–Kier alpha value is -2.14. The Balaban J connectivity index is 2.51. The molecule has 0 aliphatic heterocycles. The third-order valence-electron chi connectivity index (χ3n) is 3.60. The van der Waals surface area contributed by atoms with Crippen LogP contribution >= 0.6 is 0 Å². The molecule has 2 rings (SSSR count). The van der Waals surface area contributed by atoms with E-state index in [4.69, 9.17) is 4.74 Å². The molecule has 4 nitrogen and oxygen atoms in total. The Labute approximate surface area is 131 Å². The molecule has 0 saturated heterocycles. The summed E-state index contributed by atoms with van der Waals surface area (Å²) in [4.78, 5) is 0.248. The number of hydrogen-bond acceptors (Lipinski definition) is 3. The van der Waals surface area contributed by atoms with E-state index in [2.05, 4.69) is 4.40 Å². The average Bonchev–Trinajstić information content (AvgIpc) is 2.50. The number of benzene rings is 2. The van der Waals surface area contributed by atoms with Gasteiger partial charge in [-0.1, -0.05) is 30.3 Å². The molecule has 0 atom stereocenters. The molecule has 0 unspecified atom stereocenters. The van der Waals surface area contributed by atoms with Crippen molar-refractivity contribution >= 4 is 16.2 Å². The highest BCUT2D eigenvalue weighted by Crippen LogP contribution is 2.31. The maximum Gasteiger partial charge on any atom is 0.282 e. The first-order valence-electron chi connectivity index (χ1n) is 6.87. The van der Waals surface area contributed by atoms with Crippen molar-refractivity contribution in [3.8, 4) is 5.75 Å². The highest BCUT2D eigenvalue weighted by Gasteiger charge is 2.21. The SMILES string of the molecule is COc1cc(C)c(S(=O)(=O)/N=C/c2ccccc2)c(C)c1C. The van der Waals surface area contributed by atoms with Crippen molar-refractivity contribution in [3.05, 3.63) is 58.7 Å². The van der Waals surface area contributed by atoms with Crippen LogP contribution in [0.1, 0.15) is 22.3 Å². The maximum atomic E-state index is 12.6. The van der Waals surface area contributed by atoms with E-state index < -0.39 is 10.0 Å². The van der Waals surface area contributed by atoms with Gasteiger partial charge in [0, 0.05) is 6.21 Å². The van der Waals surface area contributed by atoms with Gasteiger partial charge in [-0.3, -0.25) is 0 Å². The fourth-order valence-electron chi connectivity index (χ4n) is 2.35. The summed E-state index contributed by atoms with van der Waals surface area (Å²) >= 11 is 0. The van der Waals surface area contributed by atoms with Crippen LogP contribution in [0.25, 0.3) is 0 Å². The lowest BCUT2D eigenvalue weighted by atomic mass is 10.1. The molecule has 2 aromatic carbocycles. The number of hydrogen-bond donors (Lipinski definition) is 0. The highest BCUT2D eigenvalue weighted by molar-refractivity contribution is 7.90. The van der Waals surface area contributed by atoms with Crippen LogP contribution in [-0.4, -0.2) is 21.7 Å². The zero-order valence-corrected chi connectivity index (χ0v) is 13.9. The van der Waals surface area contributed by atoms with Crippen LogP contribution in [0.4, 0.5) is 0 Å². The highest BCUT2D eigenvalue weighted by atomic mass is 32.2. The van der Waals surface area contributed by atoms with Crippen LogP contribution in [-0.2, 0) is 10.0 Å². The minimum absolute atomic E-state index is 0.248. The molecule has 0 amide bonds. The standard InChI is InChI=1S/C17H19NO3S/c1-12-10-16(21-4)13(2)14(3)17(12)22(19,20)18-11-15-8-6-5-7-9-15/h5-11H,1-4H3/b18-11+. The van der Waals surface area contributed by atoms with Crippen LogP contribution in [0.3, 0.4) is 0 Å². The molecule has 2 aromatic rings. The second-order valence-electron chi connectivity index (χ2n) is 5.10. The van der Waals surface area contributed by atoms with Gasteiger partial charge >= 0.3 is 0 Å². The second kappa shape index (κ2) is 6.32. The van der Waals surface area contributed by atoms with Crippen molar-refractivity contribution < 1.29 is 13.2 Å². The van der Waals surface area contributed by atoms with Crippen molar-refractivity contribution in [2.24, 2.45) is 4.40 Å². The fraction of sp³-hybridized carbons (Fsp3) is 0.235. The smallest absolute Gasteiger partial charge is 0.282 e. The molecule has 5 heteroatoms. The van der Waals surface area contributed by atoms with E-state index in [1.165, 1.54) is 6.21 Å². The van der Waals surface area contributed by atoms with Crippen LogP contribution < -0.4 is 4.74 Å². The molecule has 0 fully saturated rings. The number of ether oxygens (including phenoxy) is 1. The van der Waals surface area contributed by atoms with Gasteiger partial charge in [0.15, 0.2) is 0 Å². The Kier molecular flexibility index (Phi) is 4.66. The van der Waals surface area contributed by atoms with Gasteiger partial charge in [-0.25, -0.2) is 0 Å². The van der Waals surface area contributed by atoms with Crippen LogP contribution in [0.5, 0.6) is 5.75 Å². The van der Waals surface area contributed by atoms with Crippen LogP contribution in [0.2, 0.25) is 0 Å². The molecule has 0 bridgehead atoms. The van der Waals surface area contributed by atoms with Gasteiger partial charge in [-0.05, 0) is 49.1 Å². The van der Waals surface area contributed by atoms with Crippen molar-refractivity contribution in [2.75, 3.05) is 7.11 Å². The molecule has 0 spiro atoms. The molecule has 22 heavy (non-hydrogen) atoms. The van der Waals surface area contributed by atoms with Gasteiger partial charge in [0.2, 0.25) is 0 Å². The summed E-state index contributed by atoms with van der Waals surface area (Å²) in [5.41, 5.74) is 2.85. The van der Waals surface area contributed by atoms with Crippen LogP contribution in [0.15, 0.2) is 45.7 Å². The molecule has 0 aliphatic carbocycles. The summed E-state index contributed by atoms with van der Waals surface area (Å²) in [5, 5.41) is 0. The summed E-state index contributed by atoms with van der Waals surface area (Å²) in [5.74, 6) is 0.681. The third-order valence-corrected chi connectivity index (χ3v) is 5.12. The summed E-state index contributed by atoms with van der Waals surface area (Å²) in [6.45, 7) is 5.36. The predicted octanol–water partition coefficient (Wildman–Crippen LogP) is 3.43. The first kappa shape index (κ1) is 16.2. The average molecular weight is 317 g/mol. The molecule has 0 aliphatic rings. The lowest BCUT2D eigenvalue weighted by Crippen LogP contribution is -2.06. The van der Waals surface area contributed by atoms with Gasteiger partial charge in [-0.2, -0.15) is 12.8 Å². The number of sulfonamides is 1. The summed E-state index contributed by atoms with van der Waals surface area (Å²) in [6, 6.07) is 10.9. The Morgan fingerprint density at radius 2 is 1.68 bits per heavy atom. The number of methoxy groups -OCH3 is 1. The largest absolute Gasteiger partial charge is 0.496 e. The van der Waals surface area contributed by atoms with E-state index in [0.717, 1.165) is 11.1 Å². The van der Waals surface area contributed by atoms with Gasteiger partial charge in [0.1, 0.15) is 5.75 Å². The van der Waals surface area contributed by atoms with E-state index in [0.29, 0.717) is 16.9 Å². The number of aryl methyl sites for hydroxylation is 1. The molecular weight excluding hydrogens is 298 g/mol. The molecule has 0 saturated carbocycles. The molecule has 0 heterocycles. The molecule has 0 N–H and O–H groups in total. The number of nitrogens with zero attached hydrogens (tertiary/aromatic N) is 1. The van der Waals surface area contributed by atoms with Crippen molar-refractivity contribution in [3.63, 3.8) is 0 Å². The first-order valence-corrected chi connectivity index (χ1v) is 8.31. The van der Waals surface area contributed by atoms with E-state index >= 15 is 0 Å². The molecule has 0 aromatic heterocycles. The summed E-state index contributed by atoms with van der Waals surface area (Å²) < 4.78 is 34.2. The van der Waals surface area contributed by atoms with Gasteiger partial charge in [0.25, 0.3) is 10.0 Å². The fourth-order valence-corrected chi connectivity index (χ4v) is 3.72. The quantitative estimate of drug-likeness (QED) is 0.812. The molecule has 0 radical (unpaired) electrons. The van der Waals surface area contributed by atoms with E-state index in [9.17, 15) is 8.42 Å². The third kappa shape index (κ3) is 3.20. The second-order valence-corrected chi connectivity index (χ2v) is 6.66. The molecular formula is C17H19NO3S. The van der Waals surface area contributed by atoms with Gasteiger partial charge in [-0.15, -0.1) is 0 Å². The van der Waals surface area contributed by atoms with E-state index in [-0.39, 0.29) is 4.90 Å². The van der Waals surface area contributed by atoms with E-state index in [1.54, 1.807) is 39.2 Å². The lowest BCUT2D eigenvalue weighted by molar-refractivity contribution is 0.410. The normalized spacial score (nSPS) is 11.8. The maximum absolute atomic E-state index is 12.6.